The van der Waals surface area contributed by atoms with Crippen LogP contribution in [0.1, 0.15) is 31.7 Å². The van der Waals surface area contributed by atoms with Gasteiger partial charge in [0.15, 0.2) is 0 Å². The Bertz CT molecular complexity index is 690. The Morgan fingerprint density at radius 2 is 1.73 bits per heavy atom. The van der Waals surface area contributed by atoms with E-state index in [4.69, 9.17) is 5.73 Å². The second-order valence-corrected chi connectivity index (χ2v) is 6.73. The number of nitrogens with one attached hydrogen (secondary N) is 1. The monoisotopic (exact) mass is 373 g/mol. The van der Waals surface area contributed by atoms with E-state index in [0.29, 0.717) is 6.54 Å². The molecule has 1 aliphatic rings. The first kappa shape index (κ1) is 20.3. The summed E-state index contributed by atoms with van der Waals surface area (Å²) >= 11 is 0. The van der Waals surface area contributed by atoms with Gasteiger partial charge in [0.2, 0.25) is 5.91 Å². The Kier molecular flexibility index (Phi) is 7.49. The molecule has 3 N–H and O–H groups in total. The second kappa shape index (κ2) is 9.60. The molecule has 26 heavy (non-hydrogen) atoms. The molecule has 140 valence electrons. The van der Waals surface area contributed by atoms with Crippen molar-refractivity contribution in [2.45, 2.75) is 38.8 Å². The number of nitrogens with two attached hydrogens (primary N) is 1. The normalized spacial score (nSPS) is 18.8. The van der Waals surface area contributed by atoms with E-state index in [1.165, 1.54) is 5.69 Å². The average molecular weight is 374 g/mol. The van der Waals surface area contributed by atoms with Crippen LogP contribution in [0.25, 0.3) is 0 Å². The van der Waals surface area contributed by atoms with Gasteiger partial charge in [0.05, 0.1) is 0 Å². The van der Waals surface area contributed by atoms with E-state index in [1.54, 1.807) is 0 Å². The number of para-hydroxylation sites is 1. The van der Waals surface area contributed by atoms with E-state index >= 15 is 0 Å². The van der Waals surface area contributed by atoms with Crippen LogP contribution >= 0.6 is 12.4 Å². The zero-order valence-electron chi connectivity index (χ0n) is 15.2. The van der Waals surface area contributed by atoms with Gasteiger partial charge >= 0.3 is 0 Å². The van der Waals surface area contributed by atoms with Crippen molar-refractivity contribution >= 4 is 29.7 Å². The first-order valence-electron chi connectivity index (χ1n) is 9.12. The van der Waals surface area contributed by atoms with Crippen LogP contribution in [-0.4, -0.2) is 18.5 Å². The van der Waals surface area contributed by atoms with Crippen molar-refractivity contribution in [3.63, 3.8) is 0 Å². The van der Waals surface area contributed by atoms with Crippen LogP contribution in [0, 0.1) is 5.92 Å². The summed E-state index contributed by atoms with van der Waals surface area (Å²) in [7, 11) is 0. The lowest BCUT2D eigenvalue weighted by atomic mass is 10.1. The van der Waals surface area contributed by atoms with E-state index < -0.39 is 0 Å². The smallest absolute Gasteiger partial charge is 0.223 e. The zero-order valence-corrected chi connectivity index (χ0v) is 16.0. The highest BCUT2D eigenvalue weighted by Crippen LogP contribution is 2.26. The number of hydrogen-bond acceptors (Lipinski definition) is 3. The van der Waals surface area contributed by atoms with Gasteiger partial charge in [-0.3, -0.25) is 4.79 Å². The van der Waals surface area contributed by atoms with Crippen LogP contribution in [0.15, 0.2) is 54.6 Å². The third-order valence-electron chi connectivity index (χ3n) is 4.94. The number of benzene rings is 2. The maximum Gasteiger partial charge on any atom is 0.223 e. The molecular formula is C21H28ClN3O. The van der Waals surface area contributed by atoms with Gasteiger partial charge in [0.25, 0.3) is 0 Å². The molecule has 2 atom stereocenters. The highest BCUT2D eigenvalue weighted by atomic mass is 35.5. The van der Waals surface area contributed by atoms with Gasteiger partial charge < -0.3 is 16.0 Å². The number of anilines is 2. The summed E-state index contributed by atoms with van der Waals surface area (Å²) in [6.07, 6.45) is 2.68. The molecule has 1 fully saturated rings. The lowest BCUT2D eigenvalue weighted by Gasteiger charge is -2.23. The largest absolute Gasteiger partial charge is 0.352 e. The topological polar surface area (TPSA) is 58.4 Å². The third kappa shape index (κ3) is 4.99. The molecule has 0 aliphatic heterocycles. The lowest BCUT2D eigenvalue weighted by molar-refractivity contribution is -0.125. The van der Waals surface area contributed by atoms with Gasteiger partial charge in [-0.1, -0.05) is 30.3 Å². The molecule has 0 bridgehead atoms. The minimum Gasteiger partial charge on any atom is -0.352 e. The summed E-state index contributed by atoms with van der Waals surface area (Å²) in [4.78, 5) is 14.5. The molecule has 0 aromatic heterocycles. The number of rotatable bonds is 6. The van der Waals surface area contributed by atoms with E-state index in [0.717, 1.165) is 37.1 Å². The van der Waals surface area contributed by atoms with Gasteiger partial charge in [-0.05, 0) is 56.0 Å². The predicted molar refractivity (Wildman–Crippen MR) is 110 cm³/mol. The fraction of sp³-hybridized carbons (Fsp3) is 0.381. The number of hydrogen-bond donors (Lipinski definition) is 2. The van der Waals surface area contributed by atoms with E-state index in [9.17, 15) is 4.79 Å². The number of carbonyl (C=O) groups is 1. The molecule has 5 heteroatoms. The van der Waals surface area contributed by atoms with Crippen LogP contribution in [0.3, 0.4) is 0 Å². The highest BCUT2D eigenvalue weighted by Gasteiger charge is 2.27. The maximum atomic E-state index is 12.2. The lowest BCUT2D eigenvalue weighted by Crippen LogP contribution is -2.30. The molecule has 2 aromatic rings. The van der Waals surface area contributed by atoms with Crippen molar-refractivity contribution in [1.82, 2.24) is 5.32 Å². The van der Waals surface area contributed by atoms with Crippen molar-refractivity contribution in [1.29, 1.82) is 0 Å². The fourth-order valence-electron chi connectivity index (χ4n) is 3.50. The summed E-state index contributed by atoms with van der Waals surface area (Å²) < 4.78 is 0. The van der Waals surface area contributed by atoms with Gasteiger partial charge in [-0.25, -0.2) is 0 Å². The molecule has 1 aliphatic carbocycles. The van der Waals surface area contributed by atoms with Gasteiger partial charge in [0.1, 0.15) is 0 Å². The maximum absolute atomic E-state index is 12.2. The SMILES string of the molecule is CCN(c1ccccc1)c1ccc(CNC(=O)C2CCC(N)C2)cc1.Cl. The molecule has 2 unspecified atom stereocenters. The fourth-order valence-corrected chi connectivity index (χ4v) is 3.50. The summed E-state index contributed by atoms with van der Waals surface area (Å²) in [5.41, 5.74) is 9.35. The summed E-state index contributed by atoms with van der Waals surface area (Å²) in [6.45, 7) is 3.62. The van der Waals surface area contributed by atoms with Gasteiger partial charge in [-0.15, -0.1) is 12.4 Å². The predicted octanol–water partition coefficient (Wildman–Crippen LogP) is 4.01. The Labute approximate surface area is 162 Å². The Hall–Kier alpha value is -2.04. The van der Waals surface area contributed by atoms with Gasteiger partial charge in [0, 0.05) is 36.4 Å². The van der Waals surface area contributed by atoms with Gasteiger partial charge in [-0.2, -0.15) is 0 Å². The standard InChI is InChI=1S/C21H27N3O.ClH/c1-2-24(19-6-4-3-5-7-19)20-12-8-16(9-13-20)15-23-21(25)17-10-11-18(22)14-17;/h3-9,12-13,17-18H,2,10-11,14-15,22H2,1H3,(H,23,25);1H. The van der Waals surface area contributed by atoms with Crippen molar-refractivity contribution < 1.29 is 4.79 Å². The minimum atomic E-state index is 0. The molecule has 0 spiro atoms. The Morgan fingerprint density at radius 3 is 2.31 bits per heavy atom. The molecule has 4 nitrogen and oxygen atoms in total. The van der Waals surface area contributed by atoms with Crippen molar-refractivity contribution in [2.24, 2.45) is 11.7 Å². The molecule has 0 heterocycles. The number of nitrogens with zero attached hydrogens (tertiary/aromatic N) is 1. The van der Waals surface area contributed by atoms with Crippen LogP contribution in [-0.2, 0) is 11.3 Å². The zero-order chi connectivity index (χ0) is 17.6. The minimum absolute atomic E-state index is 0. The molecular weight excluding hydrogens is 346 g/mol. The average Bonchev–Trinajstić information content (AvgIpc) is 3.09. The van der Waals surface area contributed by atoms with Crippen LogP contribution in [0.2, 0.25) is 0 Å². The summed E-state index contributed by atoms with van der Waals surface area (Å²) in [5, 5.41) is 3.05. The third-order valence-corrected chi connectivity index (χ3v) is 4.94. The quantitative estimate of drug-likeness (QED) is 0.804. The summed E-state index contributed by atoms with van der Waals surface area (Å²) in [5.74, 6) is 0.222. The van der Waals surface area contributed by atoms with Crippen LogP contribution in [0.4, 0.5) is 11.4 Å². The second-order valence-electron chi connectivity index (χ2n) is 6.73. The van der Waals surface area contributed by atoms with Crippen molar-refractivity contribution in [2.75, 3.05) is 11.4 Å². The number of carbonyl (C=O) groups excluding carboxylic acids is 1. The first-order valence-corrected chi connectivity index (χ1v) is 9.12. The number of halogens is 1. The molecule has 3 rings (SSSR count). The van der Waals surface area contributed by atoms with E-state index in [1.807, 2.05) is 6.07 Å². The van der Waals surface area contributed by atoms with E-state index in [-0.39, 0.29) is 30.3 Å². The molecule has 1 amide bonds. The van der Waals surface area contributed by atoms with E-state index in [2.05, 4.69) is 65.7 Å². The Morgan fingerprint density at radius 1 is 1.08 bits per heavy atom. The highest BCUT2D eigenvalue weighted by molar-refractivity contribution is 5.85. The van der Waals surface area contributed by atoms with Crippen molar-refractivity contribution in [3.05, 3.63) is 60.2 Å². The van der Waals surface area contributed by atoms with Crippen LogP contribution < -0.4 is 16.0 Å². The molecule has 0 radical (unpaired) electrons. The molecule has 2 aromatic carbocycles. The van der Waals surface area contributed by atoms with Crippen LogP contribution in [0.5, 0.6) is 0 Å². The summed E-state index contributed by atoms with van der Waals surface area (Å²) in [6, 6.07) is 18.9. The Balaban J connectivity index is 0.00000243. The molecule has 0 saturated heterocycles. The first-order chi connectivity index (χ1) is 12.2. The molecule has 1 saturated carbocycles. The van der Waals surface area contributed by atoms with Crippen molar-refractivity contribution in [3.8, 4) is 0 Å². The number of amides is 1.